The van der Waals surface area contributed by atoms with Crippen molar-refractivity contribution in [2.24, 2.45) is 11.7 Å². The van der Waals surface area contributed by atoms with E-state index in [9.17, 15) is 9.00 Å². The molecule has 4 nitrogen and oxygen atoms in total. The van der Waals surface area contributed by atoms with Crippen LogP contribution in [0.25, 0.3) is 0 Å². The van der Waals surface area contributed by atoms with Gasteiger partial charge < -0.3 is 11.1 Å². The van der Waals surface area contributed by atoms with Gasteiger partial charge in [-0.25, -0.2) is 0 Å². The van der Waals surface area contributed by atoms with Crippen molar-refractivity contribution in [3.63, 3.8) is 0 Å². The lowest BCUT2D eigenvalue weighted by Crippen LogP contribution is -2.45. The summed E-state index contributed by atoms with van der Waals surface area (Å²) in [7, 11) is -0.661. The molecular formula is C11H20N2O2S. The molecule has 1 aliphatic carbocycles. The first-order valence-corrected chi connectivity index (χ1v) is 7.56. The highest BCUT2D eigenvalue weighted by Gasteiger charge is 2.31. The van der Waals surface area contributed by atoms with Crippen molar-refractivity contribution in [3.8, 4) is 0 Å². The molecule has 2 aliphatic rings. The molecule has 3 N–H and O–H groups in total. The maximum atomic E-state index is 11.9. The lowest BCUT2D eigenvalue weighted by atomic mass is 10.0. The van der Waals surface area contributed by atoms with Gasteiger partial charge in [0.15, 0.2) is 0 Å². The average molecular weight is 244 g/mol. The Bertz CT molecular complexity index is 286. The van der Waals surface area contributed by atoms with E-state index in [2.05, 4.69) is 5.32 Å². The van der Waals surface area contributed by atoms with Crippen LogP contribution in [0.1, 0.15) is 32.1 Å². The van der Waals surface area contributed by atoms with Gasteiger partial charge in [0.05, 0.1) is 5.92 Å². The fourth-order valence-corrected chi connectivity index (χ4v) is 3.86. The number of rotatable bonds is 2. The topological polar surface area (TPSA) is 72.2 Å². The molecule has 2 fully saturated rings. The zero-order valence-corrected chi connectivity index (χ0v) is 10.3. The third kappa shape index (κ3) is 2.83. The Kier molecular flexibility index (Phi) is 3.97. The summed E-state index contributed by atoms with van der Waals surface area (Å²) < 4.78 is 11.2. The number of amides is 1. The van der Waals surface area contributed by atoms with Crippen molar-refractivity contribution in [2.45, 2.75) is 44.2 Å². The molecule has 0 aromatic heterocycles. The highest BCUT2D eigenvalue weighted by Crippen LogP contribution is 2.24. The molecule has 0 bridgehead atoms. The number of carbonyl (C=O) groups is 1. The monoisotopic (exact) mass is 244 g/mol. The first kappa shape index (κ1) is 12.0. The highest BCUT2D eigenvalue weighted by atomic mass is 32.2. The van der Waals surface area contributed by atoms with E-state index in [1.807, 2.05) is 0 Å². The Labute approximate surface area is 98.8 Å². The number of carbonyl (C=O) groups excluding carboxylic acids is 1. The van der Waals surface area contributed by atoms with E-state index in [0.717, 1.165) is 43.6 Å². The molecule has 1 saturated carbocycles. The molecule has 1 aliphatic heterocycles. The van der Waals surface area contributed by atoms with Crippen LogP contribution in [0, 0.1) is 5.92 Å². The highest BCUT2D eigenvalue weighted by molar-refractivity contribution is 7.85. The minimum absolute atomic E-state index is 0.00687. The standard InChI is InChI=1S/C11H20N2O2S/c12-10-3-1-2-9(10)11(14)13-8-4-6-16(15)7-5-8/h8-10H,1-7,12H2,(H,13,14). The van der Waals surface area contributed by atoms with E-state index < -0.39 is 10.8 Å². The van der Waals surface area contributed by atoms with Crippen molar-refractivity contribution >= 4 is 16.7 Å². The van der Waals surface area contributed by atoms with Gasteiger partial charge in [-0.2, -0.15) is 0 Å². The number of nitrogens with two attached hydrogens (primary N) is 1. The molecule has 1 amide bonds. The van der Waals surface area contributed by atoms with Gasteiger partial charge in [0, 0.05) is 34.4 Å². The summed E-state index contributed by atoms with van der Waals surface area (Å²) in [5.74, 6) is 1.57. The summed E-state index contributed by atoms with van der Waals surface area (Å²) in [6.07, 6.45) is 4.65. The van der Waals surface area contributed by atoms with E-state index in [4.69, 9.17) is 5.73 Å². The van der Waals surface area contributed by atoms with Gasteiger partial charge in [0.2, 0.25) is 5.91 Å². The zero-order chi connectivity index (χ0) is 11.5. The lowest BCUT2D eigenvalue weighted by Gasteiger charge is -2.25. The zero-order valence-electron chi connectivity index (χ0n) is 9.48. The molecule has 16 heavy (non-hydrogen) atoms. The molecule has 0 aromatic rings. The third-order valence-electron chi connectivity index (χ3n) is 3.64. The fourth-order valence-electron chi connectivity index (χ4n) is 2.56. The first-order valence-electron chi connectivity index (χ1n) is 6.08. The smallest absolute Gasteiger partial charge is 0.224 e. The predicted molar refractivity (Wildman–Crippen MR) is 64.4 cm³/mol. The molecule has 0 spiro atoms. The largest absolute Gasteiger partial charge is 0.353 e. The molecule has 2 unspecified atom stereocenters. The molecular weight excluding hydrogens is 224 g/mol. The van der Waals surface area contributed by atoms with Crippen LogP contribution in [0.2, 0.25) is 0 Å². The van der Waals surface area contributed by atoms with Crippen molar-refractivity contribution in [1.82, 2.24) is 5.32 Å². The van der Waals surface area contributed by atoms with Crippen LogP contribution in [0.5, 0.6) is 0 Å². The number of nitrogens with one attached hydrogen (secondary N) is 1. The van der Waals surface area contributed by atoms with Crippen LogP contribution in [0.3, 0.4) is 0 Å². The quantitative estimate of drug-likeness (QED) is 0.726. The van der Waals surface area contributed by atoms with Gasteiger partial charge in [-0.15, -0.1) is 0 Å². The van der Waals surface area contributed by atoms with Crippen molar-refractivity contribution in [2.75, 3.05) is 11.5 Å². The van der Waals surface area contributed by atoms with Gasteiger partial charge in [0.1, 0.15) is 0 Å². The van der Waals surface area contributed by atoms with Crippen LogP contribution in [0.15, 0.2) is 0 Å². The second-order valence-corrected chi connectivity index (χ2v) is 6.53. The molecule has 2 rings (SSSR count). The third-order valence-corrected chi connectivity index (χ3v) is 5.02. The van der Waals surface area contributed by atoms with Gasteiger partial charge in [0.25, 0.3) is 0 Å². The summed E-state index contributed by atoms with van der Waals surface area (Å²) in [5, 5.41) is 3.06. The van der Waals surface area contributed by atoms with E-state index in [1.165, 1.54) is 0 Å². The van der Waals surface area contributed by atoms with E-state index in [0.29, 0.717) is 0 Å². The van der Waals surface area contributed by atoms with Gasteiger partial charge >= 0.3 is 0 Å². The molecule has 2 atom stereocenters. The lowest BCUT2D eigenvalue weighted by molar-refractivity contribution is -0.125. The van der Waals surface area contributed by atoms with Crippen LogP contribution in [-0.4, -0.2) is 33.7 Å². The van der Waals surface area contributed by atoms with E-state index >= 15 is 0 Å². The predicted octanol–water partition coefficient (Wildman–Crippen LogP) is 0.141. The Morgan fingerprint density at radius 1 is 1.19 bits per heavy atom. The number of hydrogen-bond donors (Lipinski definition) is 2. The molecule has 5 heteroatoms. The Morgan fingerprint density at radius 2 is 1.88 bits per heavy atom. The first-order chi connectivity index (χ1) is 7.66. The Morgan fingerprint density at radius 3 is 2.44 bits per heavy atom. The SMILES string of the molecule is NC1CCCC1C(=O)NC1CCS(=O)CC1. The summed E-state index contributed by atoms with van der Waals surface area (Å²) in [6, 6.07) is 0.260. The van der Waals surface area contributed by atoms with Gasteiger partial charge in [-0.3, -0.25) is 9.00 Å². The van der Waals surface area contributed by atoms with Crippen LogP contribution < -0.4 is 11.1 Å². The van der Waals surface area contributed by atoms with E-state index in [-0.39, 0.29) is 23.9 Å². The minimum Gasteiger partial charge on any atom is -0.353 e. The number of hydrogen-bond acceptors (Lipinski definition) is 3. The molecule has 0 aromatic carbocycles. The normalized spacial score (nSPS) is 39.6. The fraction of sp³-hybridized carbons (Fsp3) is 0.909. The summed E-state index contributed by atoms with van der Waals surface area (Å²) in [5.41, 5.74) is 5.90. The van der Waals surface area contributed by atoms with Crippen molar-refractivity contribution in [3.05, 3.63) is 0 Å². The van der Waals surface area contributed by atoms with Crippen molar-refractivity contribution < 1.29 is 9.00 Å². The molecule has 1 saturated heterocycles. The molecule has 0 radical (unpaired) electrons. The van der Waals surface area contributed by atoms with Gasteiger partial charge in [-0.05, 0) is 25.7 Å². The Hall–Kier alpha value is -0.420. The second kappa shape index (κ2) is 5.27. The molecule has 92 valence electrons. The summed E-state index contributed by atoms with van der Waals surface area (Å²) in [4.78, 5) is 11.9. The second-order valence-electron chi connectivity index (χ2n) is 4.83. The van der Waals surface area contributed by atoms with Gasteiger partial charge in [-0.1, -0.05) is 6.42 Å². The Balaban J connectivity index is 1.80. The molecule has 1 heterocycles. The van der Waals surface area contributed by atoms with Crippen molar-refractivity contribution in [1.29, 1.82) is 0 Å². The maximum Gasteiger partial charge on any atom is 0.224 e. The van der Waals surface area contributed by atoms with Crippen LogP contribution in [0.4, 0.5) is 0 Å². The maximum absolute atomic E-state index is 11.9. The van der Waals surface area contributed by atoms with Crippen LogP contribution >= 0.6 is 0 Å². The van der Waals surface area contributed by atoms with E-state index in [1.54, 1.807) is 0 Å². The van der Waals surface area contributed by atoms with Crippen LogP contribution in [-0.2, 0) is 15.6 Å². The summed E-state index contributed by atoms with van der Waals surface area (Å²) in [6.45, 7) is 0. The minimum atomic E-state index is -0.661. The average Bonchev–Trinajstić information content (AvgIpc) is 2.68. The summed E-state index contributed by atoms with van der Waals surface area (Å²) >= 11 is 0.